The number of amides is 2. The maximum Gasteiger partial charge on any atom is 0.251 e. The van der Waals surface area contributed by atoms with Gasteiger partial charge in [0.1, 0.15) is 29.3 Å². The summed E-state index contributed by atoms with van der Waals surface area (Å²) in [5, 5.41) is 11.5. The molecular formula is C28H31N5O5. The molecule has 4 aromatic rings. The first-order valence-corrected chi connectivity index (χ1v) is 12.7. The largest absolute Gasteiger partial charge is 0.497 e. The van der Waals surface area contributed by atoms with E-state index in [4.69, 9.17) is 13.9 Å². The van der Waals surface area contributed by atoms with Crippen molar-refractivity contribution < 1.29 is 23.5 Å². The van der Waals surface area contributed by atoms with Crippen molar-refractivity contribution in [2.45, 2.75) is 50.7 Å². The third kappa shape index (κ3) is 5.34. The second-order valence-electron chi connectivity index (χ2n) is 9.33. The second-order valence-corrected chi connectivity index (χ2v) is 9.33. The number of benzene rings is 2. The molecule has 1 aliphatic rings. The third-order valence-corrected chi connectivity index (χ3v) is 6.86. The molecule has 198 valence electrons. The molecular weight excluding hydrogens is 486 g/mol. The van der Waals surface area contributed by atoms with E-state index in [0.717, 1.165) is 32.1 Å². The SMILES string of the molecule is COc1cc(OC)cc(N(C(=O)Cn2nnc3ccccc32)C(C(=O)NC2CCCCC2)c2ccco2)c1. The van der Waals surface area contributed by atoms with Crippen molar-refractivity contribution in [3.05, 3.63) is 66.6 Å². The first kappa shape index (κ1) is 25.3. The van der Waals surface area contributed by atoms with E-state index >= 15 is 0 Å². The van der Waals surface area contributed by atoms with E-state index in [2.05, 4.69) is 15.6 Å². The van der Waals surface area contributed by atoms with E-state index in [0.29, 0.717) is 34.0 Å². The number of hydrogen-bond acceptors (Lipinski definition) is 7. The molecule has 2 aromatic heterocycles. The van der Waals surface area contributed by atoms with Gasteiger partial charge >= 0.3 is 0 Å². The van der Waals surface area contributed by atoms with Gasteiger partial charge in [-0.25, -0.2) is 4.68 Å². The van der Waals surface area contributed by atoms with Gasteiger partial charge in [-0.05, 0) is 37.1 Å². The molecule has 2 amide bonds. The zero-order chi connectivity index (χ0) is 26.5. The van der Waals surface area contributed by atoms with E-state index < -0.39 is 6.04 Å². The highest BCUT2D eigenvalue weighted by atomic mass is 16.5. The topological polar surface area (TPSA) is 112 Å². The highest BCUT2D eigenvalue weighted by Crippen LogP contribution is 2.35. The minimum atomic E-state index is -1.06. The molecule has 1 N–H and O–H groups in total. The number of carbonyl (C=O) groups excluding carboxylic acids is 2. The van der Waals surface area contributed by atoms with E-state index in [1.54, 1.807) is 30.3 Å². The molecule has 2 aromatic carbocycles. The van der Waals surface area contributed by atoms with Gasteiger partial charge < -0.3 is 19.2 Å². The molecule has 1 unspecified atom stereocenters. The minimum Gasteiger partial charge on any atom is -0.497 e. The van der Waals surface area contributed by atoms with Crippen molar-refractivity contribution in [2.24, 2.45) is 0 Å². The number of methoxy groups -OCH3 is 2. The molecule has 1 saturated carbocycles. The Morgan fingerprint density at radius 2 is 1.79 bits per heavy atom. The quantitative estimate of drug-likeness (QED) is 0.353. The summed E-state index contributed by atoms with van der Waals surface area (Å²) < 4.78 is 18.2. The van der Waals surface area contributed by atoms with Gasteiger partial charge in [-0.3, -0.25) is 14.5 Å². The number of aromatic nitrogens is 3. The molecule has 10 heteroatoms. The summed E-state index contributed by atoms with van der Waals surface area (Å²) in [6.45, 7) is -0.145. The Morgan fingerprint density at radius 3 is 2.47 bits per heavy atom. The summed E-state index contributed by atoms with van der Waals surface area (Å²) in [7, 11) is 3.07. The first-order valence-electron chi connectivity index (χ1n) is 12.7. The maximum absolute atomic E-state index is 14.1. The van der Waals surface area contributed by atoms with Gasteiger partial charge in [0.2, 0.25) is 5.91 Å². The van der Waals surface area contributed by atoms with Crippen molar-refractivity contribution in [3.8, 4) is 11.5 Å². The second kappa shape index (κ2) is 11.4. The van der Waals surface area contributed by atoms with Crippen LogP contribution in [0.2, 0.25) is 0 Å². The van der Waals surface area contributed by atoms with Crippen LogP contribution in [0.3, 0.4) is 0 Å². The molecule has 38 heavy (non-hydrogen) atoms. The molecule has 1 atom stereocenters. The minimum absolute atomic E-state index is 0.0461. The number of carbonyl (C=O) groups is 2. The van der Waals surface area contributed by atoms with Gasteiger partial charge in [0.15, 0.2) is 6.04 Å². The lowest BCUT2D eigenvalue weighted by molar-refractivity contribution is -0.128. The van der Waals surface area contributed by atoms with Crippen LogP contribution in [0.15, 0.2) is 65.3 Å². The number of rotatable bonds is 9. The van der Waals surface area contributed by atoms with Gasteiger partial charge in [0, 0.05) is 24.2 Å². The van der Waals surface area contributed by atoms with E-state index in [1.807, 2.05) is 24.3 Å². The molecule has 5 rings (SSSR count). The molecule has 0 spiro atoms. The smallest absolute Gasteiger partial charge is 0.251 e. The Balaban J connectivity index is 1.57. The first-order chi connectivity index (χ1) is 18.6. The Kier molecular flexibility index (Phi) is 7.57. The number of fused-ring (bicyclic) bond motifs is 1. The number of anilines is 1. The normalized spacial score (nSPS) is 14.7. The molecule has 10 nitrogen and oxygen atoms in total. The number of para-hydroxylation sites is 1. The number of furan rings is 1. The molecule has 1 fully saturated rings. The summed E-state index contributed by atoms with van der Waals surface area (Å²) in [4.78, 5) is 29.4. The van der Waals surface area contributed by atoms with Crippen LogP contribution >= 0.6 is 0 Å². The lowest BCUT2D eigenvalue weighted by Crippen LogP contribution is -2.48. The van der Waals surface area contributed by atoms with Crippen LogP contribution in [0.5, 0.6) is 11.5 Å². The van der Waals surface area contributed by atoms with Crippen molar-refractivity contribution in [1.82, 2.24) is 20.3 Å². The van der Waals surface area contributed by atoms with Crippen molar-refractivity contribution in [2.75, 3.05) is 19.1 Å². The monoisotopic (exact) mass is 517 g/mol. The standard InChI is InChI=1S/C28H31N5O5/c1-36-21-15-20(16-22(17-21)37-2)33(26(34)18-32-24-12-7-6-11-23(24)30-31-32)27(25-13-8-14-38-25)28(35)29-19-9-4-3-5-10-19/h6-8,11-17,19,27H,3-5,9-10,18H2,1-2H3,(H,29,35). The average molecular weight is 518 g/mol. The van der Waals surface area contributed by atoms with Crippen LogP contribution < -0.4 is 19.7 Å². The van der Waals surface area contributed by atoms with Gasteiger partial charge in [0.05, 0.1) is 31.7 Å². The molecule has 0 aliphatic heterocycles. The number of nitrogens with zero attached hydrogens (tertiary/aromatic N) is 4. The zero-order valence-corrected chi connectivity index (χ0v) is 21.5. The van der Waals surface area contributed by atoms with Gasteiger partial charge in [-0.2, -0.15) is 0 Å². The van der Waals surface area contributed by atoms with Crippen LogP contribution in [0, 0.1) is 0 Å². The van der Waals surface area contributed by atoms with Gasteiger partial charge in [-0.1, -0.05) is 36.6 Å². The predicted molar refractivity (Wildman–Crippen MR) is 141 cm³/mol. The fourth-order valence-corrected chi connectivity index (χ4v) is 4.95. The van der Waals surface area contributed by atoms with E-state index in [9.17, 15) is 9.59 Å². The molecule has 1 aliphatic carbocycles. The van der Waals surface area contributed by atoms with Crippen molar-refractivity contribution in [1.29, 1.82) is 0 Å². The summed E-state index contributed by atoms with van der Waals surface area (Å²) >= 11 is 0. The fourth-order valence-electron chi connectivity index (χ4n) is 4.95. The third-order valence-electron chi connectivity index (χ3n) is 6.86. The van der Waals surface area contributed by atoms with E-state index in [-0.39, 0.29) is 24.4 Å². The van der Waals surface area contributed by atoms with Crippen LogP contribution in [0.4, 0.5) is 5.69 Å². The molecule has 0 saturated heterocycles. The van der Waals surface area contributed by atoms with Crippen LogP contribution in [-0.4, -0.2) is 47.1 Å². The predicted octanol–water partition coefficient (Wildman–Crippen LogP) is 4.26. The van der Waals surface area contributed by atoms with Crippen molar-refractivity contribution in [3.63, 3.8) is 0 Å². The van der Waals surface area contributed by atoms with Crippen molar-refractivity contribution >= 4 is 28.5 Å². The number of nitrogens with one attached hydrogen (secondary N) is 1. The number of ether oxygens (including phenoxy) is 2. The van der Waals surface area contributed by atoms with Gasteiger partial charge in [0.25, 0.3) is 5.91 Å². The van der Waals surface area contributed by atoms with Crippen LogP contribution in [0.1, 0.15) is 43.9 Å². The Morgan fingerprint density at radius 1 is 1.05 bits per heavy atom. The van der Waals surface area contributed by atoms with Crippen LogP contribution in [0.25, 0.3) is 11.0 Å². The highest BCUT2D eigenvalue weighted by Gasteiger charge is 2.36. The Bertz CT molecular complexity index is 1370. The molecule has 0 bridgehead atoms. The van der Waals surface area contributed by atoms with Crippen LogP contribution in [-0.2, 0) is 16.1 Å². The highest BCUT2D eigenvalue weighted by molar-refractivity contribution is 6.01. The maximum atomic E-state index is 14.1. The fraction of sp³-hybridized carbons (Fsp3) is 0.357. The Labute approximate surface area is 220 Å². The lowest BCUT2D eigenvalue weighted by Gasteiger charge is -2.32. The molecule has 0 radical (unpaired) electrons. The summed E-state index contributed by atoms with van der Waals surface area (Å²) in [5.74, 6) is 0.613. The lowest BCUT2D eigenvalue weighted by atomic mass is 9.95. The van der Waals surface area contributed by atoms with Gasteiger partial charge in [-0.15, -0.1) is 5.10 Å². The number of hydrogen-bond donors (Lipinski definition) is 1. The van der Waals surface area contributed by atoms with E-state index in [1.165, 1.54) is 30.1 Å². The molecule has 2 heterocycles. The summed E-state index contributed by atoms with van der Waals surface area (Å²) in [5.41, 5.74) is 1.81. The summed E-state index contributed by atoms with van der Waals surface area (Å²) in [6.07, 6.45) is 6.59. The summed E-state index contributed by atoms with van der Waals surface area (Å²) in [6, 6.07) is 14.9. The Hall–Kier alpha value is -4.34. The average Bonchev–Trinajstić information content (AvgIpc) is 3.62. The zero-order valence-electron chi connectivity index (χ0n) is 21.5.